The summed E-state index contributed by atoms with van der Waals surface area (Å²) < 4.78 is 85.0. The normalized spacial score (nSPS) is 19.3. The molecule has 1 aromatic heterocycles. The fraction of sp³-hybridized carbons (Fsp3) is 0.364. The van der Waals surface area contributed by atoms with E-state index in [-0.39, 0.29) is 35.5 Å². The van der Waals surface area contributed by atoms with E-state index < -0.39 is 36.6 Å². The lowest BCUT2D eigenvalue weighted by Crippen LogP contribution is -2.58. The zero-order chi connectivity index (χ0) is 24.4. The summed E-state index contributed by atoms with van der Waals surface area (Å²) in [4.78, 5) is 13.8. The summed E-state index contributed by atoms with van der Waals surface area (Å²) in [5.74, 6) is -1.03. The van der Waals surface area contributed by atoms with Gasteiger partial charge in [0.1, 0.15) is 17.4 Å². The van der Waals surface area contributed by atoms with Crippen LogP contribution in [0.15, 0.2) is 42.0 Å². The lowest BCUT2D eigenvalue weighted by molar-refractivity contribution is -0.201. The first-order chi connectivity index (χ1) is 15.4. The van der Waals surface area contributed by atoms with Gasteiger partial charge in [0.15, 0.2) is 5.54 Å². The number of carbonyl (C=O) groups excluding carboxylic acids is 1. The van der Waals surface area contributed by atoms with E-state index in [1.54, 1.807) is 25.1 Å². The molecule has 0 saturated heterocycles. The highest BCUT2D eigenvalue weighted by Crippen LogP contribution is 2.49. The number of hydrogen-bond donors (Lipinski definition) is 1. The highest BCUT2D eigenvalue weighted by Gasteiger charge is 2.59. The maximum atomic E-state index is 14.4. The van der Waals surface area contributed by atoms with Gasteiger partial charge >= 0.3 is 12.4 Å². The van der Waals surface area contributed by atoms with Crippen LogP contribution in [0.3, 0.4) is 0 Å². The number of nitrogens with zero attached hydrogens (tertiary/aromatic N) is 1. The Labute approximate surface area is 189 Å². The zero-order valence-electron chi connectivity index (χ0n) is 17.2. The van der Waals surface area contributed by atoms with E-state index in [2.05, 4.69) is 0 Å². The minimum absolute atomic E-state index is 0.00384. The quantitative estimate of drug-likeness (QED) is 0.399. The third kappa shape index (κ3) is 5.33. The number of amides is 1. The fourth-order valence-corrected chi connectivity index (χ4v) is 4.44. The first-order valence-corrected chi connectivity index (χ1v) is 10.6. The summed E-state index contributed by atoms with van der Waals surface area (Å²) in [5, 5.41) is 11.4. The largest absolute Gasteiger partial charge is 0.494 e. The predicted octanol–water partition coefficient (Wildman–Crippen LogP) is 6.03. The van der Waals surface area contributed by atoms with Crippen LogP contribution in [0.5, 0.6) is 5.75 Å². The third-order valence-electron chi connectivity index (χ3n) is 5.15. The van der Waals surface area contributed by atoms with E-state index in [1.165, 1.54) is 23.5 Å². The summed E-state index contributed by atoms with van der Waals surface area (Å²) in [6.45, 7) is 1.50. The molecule has 1 aromatic carbocycles. The van der Waals surface area contributed by atoms with Crippen molar-refractivity contribution >= 4 is 22.8 Å². The van der Waals surface area contributed by atoms with Gasteiger partial charge in [-0.25, -0.2) is 0 Å². The van der Waals surface area contributed by atoms with Gasteiger partial charge in [-0.1, -0.05) is 12.1 Å². The number of rotatable bonds is 6. The molecule has 1 aliphatic heterocycles. The van der Waals surface area contributed by atoms with Crippen molar-refractivity contribution in [2.75, 3.05) is 6.61 Å². The van der Waals surface area contributed by atoms with Gasteiger partial charge < -0.3 is 10.1 Å². The summed E-state index contributed by atoms with van der Waals surface area (Å²) in [7, 11) is 0. The minimum atomic E-state index is -4.91. The molecule has 1 N–H and O–H groups in total. The molecule has 4 nitrogen and oxygen atoms in total. The number of nitriles is 1. The standard InChI is InChI=1S/C22H18F6N2O2S/c1-13-3-8-18(33-13)16-11-20(22(26,27)28,30-19(31)17(16)12-29)14-4-6-15(7-5-14)32-10-2-9-21(23,24)25/h3-8H,2,9-11H2,1H3,(H,30,31)/t20-/m0/s1. The summed E-state index contributed by atoms with van der Waals surface area (Å²) >= 11 is 1.18. The van der Waals surface area contributed by atoms with Crippen LogP contribution in [-0.4, -0.2) is 24.9 Å². The van der Waals surface area contributed by atoms with Gasteiger partial charge in [-0.05, 0) is 48.7 Å². The molecule has 0 aliphatic carbocycles. The lowest BCUT2D eigenvalue weighted by atomic mass is 9.78. The fourth-order valence-electron chi connectivity index (χ4n) is 3.52. The SMILES string of the molecule is Cc1ccc(C2=C(C#N)C(=O)N[C@@](c3ccc(OCCCC(F)(F)F)cc3)(C(F)(F)F)C2)s1. The molecule has 0 saturated carbocycles. The molecule has 176 valence electrons. The van der Waals surface area contributed by atoms with Crippen molar-refractivity contribution in [2.45, 2.75) is 44.1 Å². The van der Waals surface area contributed by atoms with Gasteiger partial charge in [-0.2, -0.15) is 31.6 Å². The molecule has 0 radical (unpaired) electrons. The lowest BCUT2D eigenvalue weighted by Gasteiger charge is -2.40. The van der Waals surface area contributed by atoms with Gasteiger partial charge in [-0.15, -0.1) is 11.3 Å². The first-order valence-electron chi connectivity index (χ1n) is 9.76. The molecular formula is C22H18F6N2O2S. The number of nitrogens with one attached hydrogen (secondary N) is 1. The van der Waals surface area contributed by atoms with Gasteiger partial charge in [-0.3, -0.25) is 4.79 Å². The average Bonchev–Trinajstić information content (AvgIpc) is 3.15. The Hall–Kier alpha value is -3.00. The number of halogens is 6. The molecule has 11 heteroatoms. The van der Waals surface area contributed by atoms with Crippen LogP contribution in [0, 0.1) is 18.3 Å². The molecule has 2 aromatic rings. The molecule has 1 aliphatic rings. The summed E-state index contributed by atoms with van der Waals surface area (Å²) in [6, 6.07) is 9.61. The number of hydrogen-bond acceptors (Lipinski definition) is 4. The highest BCUT2D eigenvalue weighted by molar-refractivity contribution is 7.13. The highest BCUT2D eigenvalue weighted by atomic mass is 32.1. The van der Waals surface area contributed by atoms with E-state index in [0.29, 0.717) is 4.88 Å². The second-order valence-corrected chi connectivity index (χ2v) is 8.79. The van der Waals surface area contributed by atoms with Crippen molar-refractivity contribution < 1.29 is 35.9 Å². The van der Waals surface area contributed by atoms with Crippen molar-refractivity contribution in [1.82, 2.24) is 5.32 Å². The molecule has 3 rings (SSSR count). The summed E-state index contributed by atoms with van der Waals surface area (Å²) in [6.07, 6.45) is -11.2. The number of benzene rings is 1. The number of thiophene rings is 1. The van der Waals surface area contributed by atoms with Crippen LogP contribution in [0.4, 0.5) is 26.3 Å². The topological polar surface area (TPSA) is 62.1 Å². The monoisotopic (exact) mass is 488 g/mol. The van der Waals surface area contributed by atoms with E-state index in [1.807, 2.05) is 5.32 Å². The molecule has 1 amide bonds. The molecule has 0 spiro atoms. The molecule has 0 fully saturated rings. The minimum Gasteiger partial charge on any atom is -0.494 e. The second-order valence-electron chi connectivity index (χ2n) is 7.50. The van der Waals surface area contributed by atoms with Crippen molar-refractivity contribution in [3.63, 3.8) is 0 Å². The number of carbonyl (C=O) groups is 1. The zero-order valence-corrected chi connectivity index (χ0v) is 18.0. The van der Waals surface area contributed by atoms with Crippen LogP contribution in [-0.2, 0) is 10.3 Å². The van der Waals surface area contributed by atoms with Crippen molar-refractivity contribution in [3.8, 4) is 11.8 Å². The smallest absolute Gasteiger partial charge is 0.416 e. The molecule has 1 atom stereocenters. The first kappa shape index (κ1) is 24.6. The maximum Gasteiger partial charge on any atom is 0.416 e. The molecule has 33 heavy (non-hydrogen) atoms. The Morgan fingerprint density at radius 2 is 1.79 bits per heavy atom. The Bertz CT molecular complexity index is 1100. The van der Waals surface area contributed by atoms with Crippen LogP contribution >= 0.6 is 11.3 Å². The van der Waals surface area contributed by atoms with E-state index in [0.717, 1.165) is 17.0 Å². The van der Waals surface area contributed by atoms with Crippen molar-refractivity contribution in [2.24, 2.45) is 0 Å². The maximum absolute atomic E-state index is 14.4. The Morgan fingerprint density at radius 1 is 1.12 bits per heavy atom. The van der Waals surface area contributed by atoms with Gasteiger partial charge in [0.05, 0.1) is 6.61 Å². The number of alkyl halides is 6. The van der Waals surface area contributed by atoms with Crippen molar-refractivity contribution in [3.05, 3.63) is 57.3 Å². The Kier molecular flexibility index (Phi) is 6.79. The van der Waals surface area contributed by atoms with E-state index >= 15 is 0 Å². The van der Waals surface area contributed by atoms with Crippen molar-refractivity contribution in [1.29, 1.82) is 5.26 Å². The van der Waals surface area contributed by atoms with Crippen LogP contribution in [0.1, 0.15) is 34.6 Å². The van der Waals surface area contributed by atoms with E-state index in [4.69, 9.17) is 4.74 Å². The van der Waals surface area contributed by atoms with E-state index in [9.17, 15) is 36.4 Å². The van der Waals surface area contributed by atoms with Gasteiger partial charge in [0, 0.05) is 22.6 Å². The predicted molar refractivity (Wildman–Crippen MR) is 109 cm³/mol. The number of aryl methyl sites for hydroxylation is 1. The molecular weight excluding hydrogens is 470 g/mol. The van der Waals surface area contributed by atoms with Crippen LogP contribution in [0.2, 0.25) is 0 Å². The molecule has 0 bridgehead atoms. The molecule has 0 unspecified atom stereocenters. The molecule has 2 heterocycles. The van der Waals surface area contributed by atoms with Crippen LogP contribution < -0.4 is 10.1 Å². The van der Waals surface area contributed by atoms with Gasteiger partial charge in [0.2, 0.25) is 0 Å². The Balaban J connectivity index is 1.92. The third-order valence-corrected chi connectivity index (χ3v) is 6.21. The van der Waals surface area contributed by atoms with Crippen LogP contribution in [0.25, 0.3) is 5.57 Å². The summed E-state index contributed by atoms with van der Waals surface area (Å²) in [5.41, 5.74) is -3.44. The second kappa shape index (κ2) is 9.09. The average molecular weight is 488 g/mol. The van der Waals surface area contributed by atoms with Gasteiger partial charge in [0.25, 0.3) is 5.91 Å². The number of ether oxygens (including phenoxy) is 1. The Morgan fingerprint density at radius 3 is 2.30 bits per heavy atom.